The Labute approximate surface area is 203 Å². The summed E-state index contributed by atoms with van der Waals surface area (Å²) in [5, 5.41) is 6.39. The summed E-state index contributed by atoms with van der Waals surface area (Å²) in [4.78, 5) is 12.1. The van der Waals surface area contributed by atoms with E-state index in [4.69, 9.17) is 14.2 Å². The molecule has 6 nitrogen and oxygen atoms in total. The number of benzene rings is 3. The third-order valence-corrected chi connectivity index (χ3v) is 6.23. The van der Waals surface area contributed by atoms with Crippen molar-refractivity contribution in [3.8, 4) is 5.75 Å². The summed E-state index contributed by atoms with van der Waals surface area (Å²) < 4.78 is 18.5. The van der Waals surface area contributed by atoms with E-state index in [0.29, 0.717) is 25.6 Å². The average Bonchev–Trinajstić information content (AvgIpc) is 3.19. The SMILES string of the molecule is CC1(CC(=O)N/N=C\c2cc(Br)c(OCc3cccc4ccccc34)c(Br)c2)OCCO1. The van der Waals surface area contributed by atoms with Crippen LogP contribution in [0.3, 0.4) is 0 Å². The van der Waals surface area contributed by atoms with Gasteiger partial charge in [0.25, 0.3) is 0 Å². The number of rotatable bonds is 7. The molecule has 0 atom stereocenters. The van der Waals surface area contributed by atoms with Crippen molar-refractivity contribution < 1.29 is 19.0 Å². The van der Waals surface area contributed by atoms with Crippen molar-refractivity contribution in [3.05, 3.63) is 74.7 Å². The van der Waals surface area contributed by atoms with Crippen LogP contribution in [0, 0.1) is 0 Å². The molecule has 0 radical (unpaired) electrons. The summed E-state index contributed by atoms with van der Waals surface area (Å²) in [6.45, 7) is 3.16. The van der Waals surface area contributed by atoms with E-state index < -0.39 is 5.79 Å². The van der Waals surface area contributed by atoms with Gasteiger partial charge in [0.15, 0.2) is 5.79 Å². The molecule has 0 bridgehead atoms. The van der Waals surface area contributed by atoms with Crippen LogP contribution in [0.2, 0.25) is 0 Å². The summed E-state index contributed by atoms with van der Waals surface area (Å²) in [5.74, 6) is -0.462. The number of halogens is 2. The molecule has 0 aromatic heterocycles. The van der Waals surface area contributed by atoms with Crippen LogP contribution in [0.1, 0.15) is 24.5 Å². The average molecular weight is 562 g/mol. The standard InChI is InChI=1S/C24H22Br2N2O4/c1-24(31-9-10-32-24)13-22(29)28-27-14-16-11-20(25)23(21(26)12-16)30-15-18-7-4-6-17-5-2-3-8-19(17)18/h2-8,11-12,14H,9-10,13,15H2,1H3,(H,28,29)/b27-14-. The van der Waals surface area contributed by atoms with E-state index in [1.807, 2.05) is 30.3 Å². The Morgan fingerprint density at radius 2 is 1.81 bits per heavy atom. The Hall–Kier alpha value is -2.26. The number of nitrogens with one attached hydrogen (secondary N) is 1. The van der Waals surface area contributed by atoms with Crippen molar-refractivity contribution in [3.63, 3.8) is 0 Å². The molecule has 1 aliphatic heterocycles. The van der Waals surface area contributed by atoms with Crippen molar-refractivity contribution in [2.75, 3.05) is 13.2 Å². The molecule has 3 aromatic rings. The maximum atomic E-state index is 12.1. The number of ether oxygens (including phenoxy) is 3. The molecule has 0 unspecified atom stereocenters. The van der Waals surface area contributed by atoms with Gasteiger partial charge in [-0.1, -0.05) is 42.5 Å². The molecular weight excluding hydrogens is 540 g/mol. The van der Waals surface area contributed by atoms with Gasteiger partial charge in [0.05, 0.1) is 34.8 Å². The van der Waals surface area contributed by atoms with Gasteiger partial charge in [-0.25, -0.2) is 5.43 Å². The highest BCUT2D eigenvalue weighted by atomic mass is 79.9. The Morgan fingerprint density at radius 1 is 1.12 bits per heavy atom. The second-order valence-corrected chi connectivity index (χ2v) is 9.25. The second-order valence-electron chi connectivity index (χ2n) is 7.54. The molecule has 0 spiro atoms. The van der Waals surface area contributed by atoms with Gasteiger partial charge in [-0.15, -0.1) is 0 Å². The number of hydrazone groups is 1. The van der Waals surface area contributed by atoms with Gasteiger partial charge >= 0.3 is 0 Å². The third kappa shape index (κ3) is 5.56. The minimum Gasteiger partial charge on any atom is -0.487 e. The van der Waals surface area contributed by atoms with Gasteiger partial charge in [0, 0.05) is 0 Å². The van der Waals surface area contributed by atoms with Crippen molar-refractivity contribution in [2.45, 2.75) is 25.7 Å². The molecule has 0 saturated carbocycles. The van der Waals surface area contributed by atoms with Crippen LogP contribution < -0.4 is 10.2 Å². The molecule has 1 saturated heterocycles. The molecule has 1 heterocycles. The Balaban J connectivity index is 1.39. The number of nitrogens with zero attached hydrogens (tertiary/aromatic N) is 1. The molecule has 4 rings (SSSR count). The summed E-state index contributed by atoms with van der Waals surface area (Å²) in [6.07, 6.45) is 1.65. The van der Waals surface area contributed by atoms with Crippen molar-refractivity contribution in [1.29, 1.82) is 0 Å². The maximum absolute atomic E-state index is 12.1. The van der Waals surface area contributed by atoms with Crippen LogP contribution >= 0.6 is 31.9 Å². The third-order valence-electron chi connectivity index (χ3n) is 5.06. The van der Waals surface area contributed by atoms with Crippen LogP contribution in [0.4, 0.5) is 0 Å². The monoisotopic (exact) mass is 560 g/mol. The zero-order chi connectivity index (χ0) is 22.6. The minimum absolute atomic E-state index is 0.0820. The highest BCUT2D eigenvalue weighted by Gasteiger charge is 2.33. The number of hydrogen-bond donors (Lipinski definition) is 1. The van der Waals surface area contributed by atoms with E-state index >= 15 is 0 Å². The van der Waals surface area contributed by atoms with E-state index in [0.717, 1.165) is 20.1 Å². The Kier molecular flexibility index (Phi) is 7.25. The van der Waals surface area contributed by atoms with Crippen molar-refractivity contribution in [1.82, 2.24) is 5.43 Å². The summed E-state index contributed by atoms with van der Waals surface area (Å²) in [6, 6.07) is 18.2. The number of hydrogen-bond acceptors (Lipinski definition) is 5. The lowest BCUT2D eigenvalue weighted by molar-refractivity contribution is -0.159. The number of amides is 1. The predicted molar refractivity (Wildman–Crippen MR) is 131 cm³/mol. The first-order valence-electron chi connectivity index (χ1n) is 10.1. The van der Waals surface area contributed by atoms with Gasteiger partial charge < -0.3 is 14.2 Å². The van der Waals surface area contributed by atoms with Gasteiger partial charge in [0.2, 0.25) is 5.91 Å². The van der Waals surface area contributed by atoms with Crippen LogP contribution in [0.5, 0.6) is 5.75 Å². The van der Waals surface area contributed by atoms with E-state index in [1.165, 1.54) is 10.8 Å². The fourth-order valence-corrected chi connectivity index (χ4v) is 4.98. The van der Waals surface area contributed by atoms with Gasteiger partial charge in [-0.2, -0.15) is 5.10 Å². The zero-order valence-corrected chi connectivity index (χ0v) is 20.6. The topological polar surface area (TPSA) is 69.2 Å². The highest BCUT2D eigenvalue weighted by Crippen LogP contribution is 2.35. The molecule has 1 amide bonds. The molecule has 166 valence electrons. The van der Waals surface area contributed by atoms with E-state index in [-0.39, 0.29) is 12.3 Å². The number of carbonyl (C=O) groups excluding carboxylic acids is 1. The second kappa shape index (κ2) is 10.1. The number of fused-ring (bicyclic) bond motifs is 1. The summed E-state index contributed by atoms with van der Waals surface area (Å²) in [7, 11) is 0. The molecule has 1 fully saturated rings. The van der Waals surface area contributed by atoms with Crippen LogP contribution in [-0.2, 0) is 20.9 Å². The van der Waals surface area contributed by atoms with Crippen LogP contribution in [0.15, 0.2) is 68.6 Å². The van der Waals surface area contributed by atoms with E-state index in [9.17, 15) is 4.79 Å². The smallest absolute Gasteiger partial charge is 0.245 e. The lowest BCUT2D eigenvalue weighted by Gasteiger charge is -2.20. The maximum Gasteiger partial charge on any atom is 0.245 e. The van der Waals surface area contributed by atoms with Crippen molar-refractivity contribution >= 4 is 54.8 Å². The molecule has 1 N–H and O–H groups in total. The van der Waals surface area contributed by atoms with Gasteiger partial charge in [-0.3, -0.25) is 4.79 Å². The fraction of sp³-hybridized carbons (Fsp3) is 0.250. The quantitative estimate of drug-likeness (QED) is 0.303. The Bertz CT molecular complexity index is 1130. The first-order chi connectivity index (χ1) is 15.4. The zero-order valence-electron chi connectivity index (χ0n) is 17.4. The highest BCUT2D eigenvalue weighted by molar-refractivity contribution is 9.11. The van der Waals surface area contributed by atoms with E-state index in [1.54, 1.807) is 13.1 Å². The predicted octanol–water partition coefficient (Wildman–Crippen LogP) is 5.55. The van der Waals surface area contributed by atoms with Gasteiger partial charge in [-0.05, 0) is 72.8 Å². The van der Waals surface area contributed by atoms with Crippen LogP contribution in [0.25, 0.3) is 10.8 Å². The van der Waals surface area contributed by atoms with E-state index in [2.05, 4.69) is 66.7 Å². The largest absolute Gasteiger partial charge is 0.487 e. The first kappa shape index (κ1) is 22.9. The Morgan fingerprint density at radius 3 is 2.56 bits per heavy atom. The van der Waals surface area contributed by atoms with Gasteiger partial charge in [0.1, 0.15) is 12.4 Å². The molecule has 32 heavy (non-hydrogen) atoms. The van der Waals surface area contributed by atoms with Crippen molar-refractivity contribution in [2.24, 2.45) is 5.10 Å². The summed E-state index contributed by atoms with van der Waals surface area (Å²) in [5.41, 5.74) is 4.41. The lowest BCUT2D eigenvalue weighted by atomic mass is 10.1. The molecule has 1 aliphatic rings. The van der Waals surface area contributed by atoms with Crippen LogP contribution in [-0.4, -0.2) is 31.1 Å². The molecule has 0 aliphatic carbocycles. The minimum atomic E-state index is -0.880. The summed E-state index contributed by atoms with van der Waals surface area (Å²) >= 11 is 7.14. The normalized spacial score (nSPS) is 15.3. The number of carbonyl (C=O) groups is 1. The fourth-order valence-electron chi connectivity index (χ4n) is 3.53. The molecule has 3 aromatic carbocycles. The molecule has 8 heteroatoms. The first-order valence-corrected chi connectivity index (χ1v) is 11.7. The molecular formula is C24H22Br2N2O4. The lowest BCUT2D eigenvalue weighted by Crippen LogP contribution is -2.33.